The zero-order valence-corrected chi connectivity index (χ0v) is 12.7. The van der Waals surface area contributed by atoms with Crippen molar-refractivity contribution in [3.05, 3.63) is 48.6 Å². The number of hydrogen-bond acceptors (Lipinski definition) is 1. The molecule has 0 fully saturated rings. The number of benzene rings is 1. The van der Waals surface area contributed by atoms with E-state index in [2.05, 4.69) is 52.6 Å². The van der Waals surface area contributed by atoms with Crippen molar-refractivity contribution in [3.8, 4) is 0 Å². The Hall–Kier alpha value is -0.863. The molecule has 0 bridgehead atoms. The highest BCUT2D eigenvalue weighted by atomic mass is 28.4. The summed E-state index contributed by atoms with van der Waals surface area (Å²) in [4.78, 5) is 0. The predicted molar refractivity (Wildman–Crippen MR) is 77.7 cm³/mol. The molecule has 1 aromatic rings. The van der Waals surface area contributed by atoms with Gasteiger partial charge in [-0.15, -0.1) is 6.58 Å². The van der Waals surface area contributed by atoms with Crippen molar-refractivity contribution in [3.63, 3.8) is 0 Å². The van der Waals surface area contributed by atoms with Crippen molar-refractivity contribution >= 4 is 8.32 Å². The number of hydrogen-bond donors (Lipinski definition) is 0. The molecule has 0 saturated carbocycles. The van der Waals surface area contributed by atoms with Crippen LogP contribution in [-0.4, -0.2) is 8.32 Å². The first-order valence-corrected chi connectivity index (χ1v) is 9.04. The standard InChI is InChI=1S/C15H24OSi/c1-7-14(13-11-9-8-10-12-13)16-17(5,6)15(2,3)4/h7-12,14H,1H2,2-6H3/t14-/m0/s1. The van der Waals surface area contributed by atoms with Gasteiger partial charge in [0.2, 0.25) is 0 Å². The van der Waals surface area contributed by atoms with Crippen molar-refractivity contribution in [2.75, 3.05) is 0 Å². The molecule has 2 heteroatoms. The van der Waals surface area contributed by atoms with Crippen LogP contribution in [0.15, 0.2) is 43.0 Å². The Bertz CT molecular complexity index is 362. The van der Waals surface area contributed by atoms with Crippen LogP contribution in [0.4, 0.5) is 0 Å². The van der Waals surface area contributed by atoms with E-state index in [1.165, 1.54) is 5.56 Å². The summed E-state index contributed by atoms with van der Waals surface area (Å²) in [5, 5.41) is 0.225. The molecule has 0 N–H and O–H groups in total. The fourth-order valence-corrected chi connectivity index (χ4v) is 2.61. The molecule has 0 aromatic heterocycles. The number of rotatable bonds is 4. The summed E-state index contributed by atoms with van der Waals surface area (Å²) in [6, 6.07) is 10.3. The summed E-state index contributed by atoms with van der Waals surface area (Å²) in [6.45, 7) is 15.2. The molecule has 1 aromatic carbocycles. The maximum absolute atomic E-state index is 6.36. The second kappa shape index (κ2) is 5.19. The molecular weight excluding hydrogens is 224 g/mol. The van der Waals surface area contributed by atoms with Crippen LogP contribution in [0.5, 0.6) is 0 Å². The molecule has 0 aliphatic rings. The second-order valence-electron chi connectivity index (χ2n) is 5.95. The highest BCUT2D eigenvalue weighted by Gasteiger charge is 2.38. The second-order valence-corrected chi connectivity index (χ2v) is 10.7. The van der Waals surface area contributed by atoms with Gasteiger partial charge in [-0.1, -0.05) is 57.2 Å². The summed E-state index contributed by atoms with van der Waals surface area (Å²) in [5.41, 5.74) is 1.19. The maximum atomic E-state index is 6.36. The average Bonchev–Trinajstić information content (AvgIpc) is 2.25. The van der Waals surface area contributed by atoms with Gasteiger partial charge in [0.15, 0.2) is 8.32 Å². The van der Waals surface area contributed by atoms with E-state index in [0.717, 1.165) is 0 Å². The van der Waals surface area contributed by atoms with E-state index in [0.29, 0.717) is 0 Å². The van der Waals surface area contributed by atoms with Gasteiger partial charge in [-0.05, 0) is 23.7 Å². The van der Waals surface area contributed by atoms with Gasteiger partial charge in [0.25, 0.3) is 0 Å². The van der Waals surface area contributed by atoms with E-state index in [1.807, 2.05) is 24.3 Å². The average molecular weight is 248 g/mol. The summed E-state index contributed by atoms with van der Waals surface area (Å²) in [6.07, 6.45) is 1.91. The highest BCUT2D eigenvalue weighted by Crippen LogP contribution is 2.39. The van der Waals surface area contributed by atoms with E-state index in [4.69, 9.17) is 4.43 Å². The molecular formula is C15H24OSi. The summed E-state index contributed by atoms with van der Waals surface area (Å²) >= 11 is 0. The lowest BCUT2D eigenvalue weighted by Crippen LogP contribution is -2.41. The van der Waals surface area contributed by atoms with Crippen molar-refractivity contribution in [2.24, 2.45) is 0 Å². The first-order chi connectivity index (χ1) is 7.78. The van der Waals surface area contributed by atoms with E-state index >= 15 is 0 Å². The Labute approximate surface area is 107 Å². The Morgan fingerprint density at radius 3 is 2.12 bits per heavy atom. The Morgan fingerprint density at radius 2 is 1.71 bits per heavy atom. The molecule has 0 amide bonds. The van der Waals surface area contributed by atoms with Crippen LogP contribution >= 0.6 is 0 Å². The molecule has 0 aliphatic carbocycles. The third kappa shape index (κ3) is 3.55. The van der Waals surface area contributed by atoms with E-state index in [1.54, 1.807) is 0 Å². The lowest BCUT2D eigenvalue weighted by atomic mass is 10.1. The Balaban J connectivity index is 2.89. The molecule has 0 radical (unpaired) electrons. The first kappa shape index (κ1) is 14.2. The van der Waals surface area contributed by atoms with E-state index in [-0.39, 0.29) is 11.1 Å². The molecule has 94 valence electrons. The predicted octanol–water partition coefficient (Wildman–Crippen LogP) is 4.94. The molecule has 1 nitrogen and oxygen atoms in total. The van der Waals surface area contributed by atoms with Crippen molar-refractivity contribution in [1.82, 2.24) is 0 Å². The van der Waals surface area contributed by atoms with Gasteiger partial charge in [0.05, 0.1) is 6.10 Å². The molecule has 0 aliphatic heterocycles. The van der Waals surface area contributed by atoms with Crippen LogP contribution in [0, 0.1) is 0 Å². The molecule has 1 rings (SSSR count). The quantitative estimate of drug-likeness (QED) is 0.542. The van der Waals surface area contributed by atoms with Gasteiger partial charge < -0.3 is 4.43 Å². The minimum Gasteiger partial charge on any atom is -0.407 e. The van der Waals surface area contributed by atoms with Gasteiger partial charge in [0, 0.05) is 0 Å². The maximum Gasteiger partial charge on any atom is 0.193 e. The largest absolute Gasteiger partial charge is 0.407 e. The van der Waals surface area contributed by atoms with Crippen LogP contribution in [-0.2, 0) is 4.43 Å². The summed E-state index contributed by atoms with van der Waals surface area (Å²) in [7, 11) is -1.74. The van der Waals surface area contributed by atoms with Gasteiger partial charge in [0.1, 0.15) is 0 Å². The zero-order chi connectivity index (χ0) is 13.1. The molecule has 1 atom stereocenters. The topological polar surface area (TPSA) is 9.23 Å². The first-order valence-electron chi connectivity index (χ1n) is 6.13. The third-order valence-corrected chi connectivity index (χ3v) is 8.03. The van der Waals surface area contributed by atoms with E-state index in [9.17, 15) is 0 Å². The normalized spacial score (nSPS) is 14.4. The molecule has 17 heavy (non-hydrogen) atoms. The molecule has 0 heterocycles. The van der Waals surface area contributed by atoms with Gasteiger partial charge in [-0.3, -0.25) is 0 Å². The van der Waals surface area contributed by atoms with Gasteiger partial charge >= 0.3 is 0 Å². The Kier molecular flexibility index (Phi) is 4.34. The third-order valence-electron chi connectivity index (χ3n) is 3.57. The summed E-state index contributed by atoms with van der Waals surface area (Å²) in [5.74, 6) is 0. The van der Waals surface area contributed by atoms with Crippen LogP contribution in [0.3, 0.4) is 0 Å². The minimum absolute atomic E-state index is 0.0112. The lowest BCUT2D eigenvalue weighted by molar-refractivity contribution is 0.230. The van der Waals surface area contributed by atoms with Crippen molar-refractivity contribution in [1.29, 1.82) is 0 Å². The fraction of sp³-hybridized carbons (Fsp3) is 0.467. The SMILES string of the molecule is C=C[C@H](O[Si](C)(C)C(C)(C)C)c1ccccc1. The van der Waals surface area contributed by atoms with Crippen molar-refractivity contribution < 1.29 is 4.43 Å². The molecule has 0 unspecified atom stereocenters. The van der Waals surface area contributed by atoms with Crippen LogP contribution < -0.4 is 0 Å². The fourth-order valence-electron chi connectivity index (χ4n) is 1.39. The Morgan fingerprint density at radius 1 is 1.18 bits per heavy atom. The van der Waals surface area contributed by atoms with E-state index < -0.39 is 8.32 Å². The summed E-state index contributed by atoms with van der Waals surface area (Å²) < 4.78 is 6.36. The highest BCUT2D eigenvalue weighted by molar-refractivity contribution is 6.74. The molecule has 0 spiro atoms. The van der Waals surface area contributed by atoms with Gasteiger partial charge in [-0.2, -0.15) is 0 Å². The van der Waals surface area contributed by atoms with Crippen LogP contribution in [0.1, 0.15) is 32.4 Å². The van der Waals surface area contributed by atoms with Crippen molar-refractivity contribution in [2.45, 2.75) is 45.0 Å². The zero-order valence-electron chi connectivity index (χ0n) is 11.7. The van der Waals surface area contributed by atoms with Gasteiger partial charge in [-0.25, -0.2) is 0 Å². The lowest BCUT2D eigenvalue weighted by Gasteiger charge is -2.38. The molecule has 0 saturated heterocycles. The minimum atomic E-state index is -1.74. The van der Waals surface area contributed by atoms with Crippen LogP contribution in [0.25, 0.3) is 0 Å². The van der Waals surface area contributed by atoms with Crippen LogP contribution in [0.2, 0.25) is 18.1 Å². The monoisotopic (exact) mass is 248 g/mol. The smallest absolute Gasteiger partial charge is 0.193 e.